The molecule has 0 heterocycles. The SMILES string of the molecule is Cc1cccc(OC(CO)C(N)CC(C)C)c1F. The second-order valence-corrected chi connectivity index (χ2v) is 5.02. The van der Waals surface area contributed by atoms with Gasteiger partial charge in [0.2, 0.25) is 0 Å². The maximum absolute atomic E-state index is 13.8. The van der Waals surface area contributed by atoms with E-state index in [0.717, 1.165) is 6.42 Å². The summed E-state index contributed by atoms with van der Waals surface area (Å²) in [5.74, 6) is 0.154. The molecule has 0 saturated carbocycles. The van der Waals surface area contributed by atoms with Crippen molar-refractivity contribution in [1.29, 1.82) is 0 Å². The first-order valence-corrected chi connectivity index (χ1v) is 6.24. The van der Waals surface area contributed by atoms with Crippen LogP contribution >= 0.6 is 0 Å². The summed E-state index contributed by atoms with van der Waals surface area (Å²) in [6.07, 6.45) is 0.141. The Morgan fingerprint density at radius 3 is 2.61 bits per heavy atom. The molecule has 102 valence electrons. The average molecular weight is 255 g/mol. The molecule has 1 aromatic rings. The third-order valence-electron chi connectivity index (χ3n) is 2.84. The molecule has 2 unspecified atom stereocenters. The van der Waals surface area contributed by atoms with Crippen molar-refractivity contribution in [2.24, 2.45) is 11.7 Å². The highest BCUT2D eigenvalue weighted by Crippen LogP contribution is 2.22. The zero-order chi connectivity index (χ0) is 13.7. The zero-order valence-electron chi connectivity index (χ0n) is 11.2. The molecule has 0 fully saturated rings. The molecule has 3 N–H and O–H groups in total. The smallest absolute Gasteiger partial charge is 0.167 e. The Kier molecular flexibility index (Phi) is 5.56. The topological polar surface area (TPSA) is 55.5 Å². The molecule has 0 amide bonds. The van der Waals surface area contributed by atoms with Crippen molar-refractivity contribution in [1.82, 2.24) is 0 Å². The van der Waals surface area contributed by atoms with Gasteiger partial charge in [0.15, 0.2) is 11.6 Å². The number of ether oxygens (including phenoxy) is 1. The molecule has 0 aliphatic carbocycles. The number of hydrogen-bond donors (Lipinski definition) is 2. The van der Waals surface area contributed by atoms with Gasteiger partial charge in [-0.25, -0.2) is 4.39 Å². The van der Waals surface area contributed by atoms with Crippen molar-refractivity contribution in [2.75, 3.05) is 6.61 Å². The van der Waals surface area contributed by atoms with Gasteiger partial charge in [0.1, 0.15) is 6.10 Å². The first kappa shape index (κ1) is 14.9. The van der Waals surface area contributed by atoms with Gasteiger partial charge < -0.3 is 15.6 Å². The predicted octanol–water partition coefficient (Wildman–Crippen LogP) is 2.25. The lowest BCUT2D eigenvalue weighted by atomic mass is 10.0. The number of rotatable bonds is 6. The van der Waals surface area contributed by atoms with Crippen molar-refractivity contribution in [2.45, 2.75) is 39.3 Å². The van der Waals surface area contributed by atoms with Gasteiger partial charge in [0.25, 0.3) is 0 Å². The predicted molar refractivity (Wildman–Crippen MR) is 70.1 cm³/mol. The van der Waals surface area contributed by atoms with E-state index < -0.39 is 11.9 Å². The van der Waals surface area contributed by atoms with E-state index in [2.05, 4.69) is 0 Å². The van der Waals surface area contributed by atoms with Crippen LogP contribution in [0.3, 0.4) is 0 Å². The Bertz CT molecular complexity index is 382. The second-order valence-electron chi connectivity index (χ2n) is 5.02. The summed E-state index contributed by atoms with van der Waals surface area (Å²) in [7, 11) is 0. The van der Waals surface area contributed by atoms with E-state index in [-0.39, 0.29) is 18.4 Å². The molecule has 18 heavy (non-hydrogen) atoms. The summed E-state index contributed by atoms with van der Waals surface area (Å²) in [5, 5.41) is 9.30. The van der Waals surface area contributed by atoms with Gasteiger partial charge in [-0.2, -0.15) is 0 Å². The summed E-state index contributed by atoms with van der Waals surface area (Å²) < 4.78 is 19.3. The lowest BCUT2D eigenvalue weighted by Gasteiger charge is -2.25. The summed E-state index contributed by atoms with van der Waals surface area (Å²) in [4.78, 5) is 0. The van der Waals surface area contributed by atoms with Gasteiger partial charge in [0.05, 0.1) is 6.61 Å². The van der Waals surface area contributed by atoms with Crippen LogP contribution in [0.1, 0.15) is 25.8 Å². The van der Waals surface area contributed by atoms with Gasteiger partial charge in [0, 0.05) is 6.04 Å². The third-order valence-corrected chi connectivity index (χ3v) is 2.84. The van der Waals surface area contributed by atoms with Crippen LogP contribution < -0.4 is 10.5 Å². The number of benzene rings is 1. The standard InChI is InChI=1S/C14H22FNO2/c1-9(2)7-11(16)13(8-17)18-12-6-4-5-10(3)14(12)15/h4-6,9,11,13,17H,7-8,16H2,1-3H3. The van der Waals surface area contributed by atoms with Gasteiger partial charge in [-0.1, -0.05) is 26.0 Å². The molecule has 1 rings (SSSR count). The van der Waals surface area contributed by atoms with Crippen LogP contribution in [-0.2, 0) is 0 Å². The third kappa shape index (κ3) is 3.96. The number of aliphatic hydroxyl groups is 1. The van der Waals surface area contributed by atoms with Crippen LogP contribution in [0.5, 0.6) is 5.75 Å². The molecule has 4 heteroatoms. The highest BCUT2D eigenvalue weighted by molar-refractivity contribution is 5.30. The van der Waals surface area contributed by atoms with Crippen molar-refractivity contribution in [3.05, 3.63) is 29.6 Å². The minimum absolute atomic E-state index is 0.147. The summed E-state index contributed by atoms with van der Waals surface area (Å²) in [6, 6.07) is 4.63. The zero-order valence-corrected chi connectivity index (χ0v) is 11.2. The molecule has 0 saturated heterocycles. The minimum atomic E-state index is -0.580. The fraction of sp³-hybridized carbons (Fsp3) is 0.571. The quantitative estimate of drug-likeness (QED) is 0.819. The van der Waals surface area contributed by atoms with Crippen LogP contribution in [-0.4, -0.2) is 23.9 Å². The first-order chi connectivity index (χ1) is 8.45. The van der Waals surface area contributed by atoms with Gasteiger partial charge in [-0.15, -0.1) is 0 Å². The first-order valence-electron chi connectivity index (χ1n) is 6.24. The lowest BCUT2D eigenvalue weighted by Crippen LogP contribution is -2.42. The fourth-order valence-corrected chi connectivity index (χ4v) is 1.83. The number of hydrogen-bond acceptors (Lipinski definition) is 3. The van der Waals surface area contributed by atoms with E-state index >= 15 is 0 Å². The Hall–Kier alpha value is -1.13. The highest BCUT2D eigenvalue weighted by atomic mass is 19.1. The van der Waals surface area contributed by atoms with Crippen LogP contribution in [0.15, 0.2) is 18.2 Å². The molecule has 0 aliphatic heterocycles. The molecule has 3 nitrogen and oxygen atoms in total. The van der Waals surface area contributed by atoms with Gasteiger partial charge in [-0.3, -0.25) is 0 Å². The highest BCUT2D eigenvalue weighted by Gasteiger charge is 2.21. The Balaban J connectivity index is 2.76. The minimum Gasteiger partial charge on any atom is -0.483 e. The van der Waals surface area contributed by atoms with E-state index in [1.807, 2.05) is 13.8 Å². The van der Waals surface area contributed by atoms with Gasteiger partial charge >= 0.3 is 0 Å². The largest absolute Gasteiger partial charge is 0.483 e. The molecule has 1 aromatic carbocycles. The number of aliphatic hydroxyl groups excluding tert-OH is 1. The Labute approximate surface area is 108 Å². The molecule has 2 atom stereocenters. The van der Waals surface area contributed by atoms with Crippen LogP contribution in [0.25, 0.3) is 0 Å². The van der Waals surface area contributed by atoms with E-state index in [0.29, 0.717) is 11.5 Å². The Morgan fingerprint density at radius 2 is 2.06 bits per heavy atom. The maximum atomic E-state index is 13.8. The molecule has 0 aliphatic rings. The molecule has 0 spiro atoms. The lowest BCUT2D eigenvalue weighted by molar-refractivity contribution is 0.0845. The number of aryl methyl sites for hydroxylation is 1. The van der Waals surface area contributed by atoms with Crippen LogP contribution in [0.2, 0.25) is 0 Å². The molecule has 0 radical (unpaired) electrons. The molecular weight excluding hydrogens is 233 g/mol. The van der Waals surface area contributed by atoms with E-state index in [1.54, 1.807) is 25.1 Å². The van der Waals surface area contributed by atoms with E-state index in [9.17, 15) is 9.50 Å². The fourth-order valence-electron chi connectivity index (χ4n) is 1.83. The van der Waals surface area contributed by atoms with Crippen LogP contribution in [0.4, 0.5) is 4.39 Å². The molecule has 0 aromatic heterocycles. The monoisotopic (exact) mass is 255 g/mol. The van der Waals surface area contributed by atoms with Crippen molar-refractivity contribution >= 4 is 0 Å². The average Bonchev–Trinajstić information content (AvgIpc) is 2.30. The Morgan fingerprint density at radius 1 is 1.39 bits per heavy atom. The summed E-state index contributed by atoms with van der Waals surface area (Å²) in [5.41, 5.74) is 6.47. The van der Waals surface area contributed by atoms with E-state index in [4.69, 9.17) is 10.5 Å². The normalized spacial score (nSPS) is 14.6. The molecule has 0 bridgehead atoms. The van der Waals surface area contributed by atoms with Crippen LogP contribution in [0, 0.1) is 18.7 Å². The number of nitrogens with two attached hydrogens (primary N) is 1. The number of halogens is 1. The molecular formula is C14H22FNO2. The van der Waals surface area contributed by atoms with Crippen molar-refractivity contribution < 1.29 is 14.2 Å². The van der Waals surface area contributed by atoms with Gasteiger partial charge in [-0.05, 0) is 30.9 Å². The second kappa shape index (κ2) is 6.71. The van der Waals surface area contributed by atoms with E-state index in [1.165, 1.54) is 0 Å². The van der Waals surface area contributed by atoms with Crippen molar-refractivity contribution in [3.63, 3.8) is 0 Å². The van der Waals surface area contributed by atoms with Crippen molar-refractivity contribution in [3.8, 4) is 5.75 Å². The maximum Gasteiger partial charge on any atom is 0.167 e. The summed E-state index contributed by atoms with van der Waals surface area (Å²) in [6.45, 7) is 5.54. The summed E-state index contributed by atoms with van der Waals surface area (Å²) >= 11 is 0.